The van der Waals surface area contributed by atoms with Gasteiger partial charge in [-0.3, -0.25) is 14.4 Å². The van der Waals surface area contributed by atoms with Crippen molar-refractivity contribution in [2.75, 3.05) is 23.3 Å². The fourth-order valence-electron chi connectivity index (χ4n) is 3.75. The number of aliphatic hydroxyl groups excluding tert-OH is 1. The summed E-state index contributed by atoms with van der Waals surface area (Å²) in [5.41, 5.74) is 4.19. The number of aliphatic hydroxyl groups is 1. The van der Waals surface area contributed by atoms with E-state index in [0.717, 1.165) is 23.2 Å². The minimum absolute atomic E-state index is 0.139. The lowest BCUT2D eigenvalue weighted by Crippen LogP contribution is -2.36. The highest BCUT2D eigenvalue weighted by Crippen LogP contribution is 2.38. The Morgan fingerprint density at radius 2 is 1.96 bits per heavy atom. The average Bonchev–Trinajstić information content (AvgIpc) is 3.35. The third kappa shape index (κ3) is 3.50. The molecule has 0 spiro atoms. The lowest BCUT2D eigenvalue weighted by Gasteiger charge is -2.25. The summed E-state index contributed by atoms with van der Waals surface area (Å²) in [5, 5.41) is 15.1. The Hall–Kier alpha value is -3.13. The first-order chi connectivity index (χ1) is 13.5. The SMILES string of the molecule is O=C(NCCC(O)c1ccoc1)C(=O)Nc1cc2c3c(c1)CCN3C(=O)CC2. The lowest BCUT2D eigenvalue weighted by molar-refractivity contribution is -0.136. The van der Waals surface area contributed by atoms with E-state index in [1.807, 2.05) is 12.1 Å². The monoisotopic (exact) mass is 383 g/mol. The lowest BCUT2D eigenvalue weighted by atomic mass is 9.98. The molecule has 1 aromatic carbocycles. The number of aryl methyl sites for hydroxylation is 1. The zero-order chi connectivity index (χ0) is 19.7. The van der Waals surface area contributed by atoms with Crippen LogP contribution in [0, 0.1) is 0 Å². The summed E-state index contributed by atoms with van der Waals surface area (Å²) in [5.74, 6) is -1.38. The van der Waals surface area contributed by atoms with Gasteiger partial charge in [0.05, 0.1) is 24.3 Å². The molecule has 4 rings (SSSR count). The molecule has 1 aromatic heterocycles. The molecule has 1 unspecified atom stereocenters. The molecule has 8 heteroatoms. The topological polar surface area (TPSA) is 112 Å². The van der Waals surface area contributed by atoms with Gasteiger partial charge < -0.3 is 25.1 Å². The summed E-state index contributed by atoms with van der Waals surface area (Å²) in [6, 6.07) is 5.30. The fourth-order valence-corrected chi connectivity index (χ4v) is 3.75. The van der Waals surface area contributed by atoms with Gasteiger partial charge in [0.1, 0.15) is 0 Å². The number of carbonyl (C=O) groups excluding carboxylic acids is 3. The molecular formula is C20H21N3O5. The summed E-state index contributed by atoms with van der Waals surface area (Å²) in [4.78, 5) is 38.0. The predicted molar refractivity (Wildman–Crippen MR) is 101 cm³/mol. The number of nitrogens with one attached hydrogen (secondary N) is 2. The first-order valence-electron chi connectivity index (χ1n) is 9.28. The fraction of sp³-hybridized carbons (Fsp3) is 0.350. The zero-order valence-corrected chi connectivity index (χ0v) is 15.2. The van der Waals surface area contributed by atoms with E-state index in [0.29, 0.717) is 30.6 Å². The highest BCUT2D eigenvalue weighted by molar-refractivity contribution is 6.39. The van der Waals surface area contributed by atoms with Crippen LogP contribution in [0.4, 0.5) is 11.4 Å². The van der Waals surface area contributed by atoms with Crippen molar-refractivity contribution in [3.05, 3.63) is 47.4 Å². The van der Waals surface area contributed by atoms with Crippen LogP contribution in [0.25, 0.3) is 0 Å². The molecule has 2 aromatic rings. The maximum absolute atomic E-state index is 12.2. The number of rotatable bonds is 5. The van der Waals surface area contributed by atoms with Crippen molar-refractivity contribution < 1.29 is 23.9 Å². The Labute approximate surface area is 161 Å². The third-order valence-corrected chi connectivity index (χ3v) is 5.15. The third-order valence-electron chi connectivity index (χ3n) is 5.15. The Morgan fingerprint density at radius 3 is 2.71 bits per heavy atom. The molecule has 0 radical (unpaired) electrons. The van der Waals surface area contributed by atoms with Crippen LogP contribution in [0.5, 0.6) is 0 Å². The molecule has 3 amide bonds. The minimum atomic E-state index is -0.766. The smallest absolute Gasteiger partial charge is 0.313 e. The molecule has 0 saturated heterocycles. The summed E-state index contributed by atoms with van der Waals surface area (Å²) in [6.07, 6.45) is 4.25. The van der Waals surface area contributed by atoms with Gasteiger partial charge in [-0.15, -0.1) is 0 Å². The summed E-state index contributed by atoms with van der Waals surface area (Å²) in [6.45, 7) is 0.823. The van der Waals surface area contributed by atoms with E-state index in [1.54, 1.807) is 11.0 Å². The Bertz CT molecular complexity index is 922. The van der Waals surface area contributed by atoms with Crippen LogP contribution in [0.15, 0.2) is 35.1 Å². The van der Waals surface area contributed by atoms with E-state index >= 15 is 0 Å². The molecule has 2 aliphatic rings. The van der Waals surface area contributed by atoms with Crippen molar-refractivity contribution in [1.29, 1.82) is 0 Å². The molecule has 8 nitrogen and oxygen atoms in total. The summed E-state index contributed by atoms with van der Waals surface area (Å²) in [7, 11) is 0. The van der Waals surface area contributed by atoms with Crippen molar-refractivity contribution in [3.63, 3.8) is 0 Å². The number of anilines is 2. The van der Waals surface area contributed by atoms with Gasteiger partial charge in [-0.1, -0.05) is 0 Å². The van der Waals surface area contributed by atoms with Gasteiger partial charge in [0, 0.05) is 30.8 Å². The highest BCUT2D eigenvalue weighted by Gasteiger charge is 2.31. The molecule has 0 bridgehead atoms. The van der Waals surface area contributed by atoms with Gasteiger partial charge in [0.15, 0.2) is 0 Å². The van der Waals surface area contributed by atoms with Crippen LogP contribution >= 0.6 is 0 Å². The Balaban J connectivity index is 1.34. The number of nitrogens with zero attached hydrogens (tertiary/aromatic N) is 1. The van der Waals surface area contributed by atoms with Gasteiger partial charge >= 0.3 is 11.8 Å². The number of hydrogen-bond acceptors (Lipinski definition) is 5. The van der Waals surface area contributed by atoms with Crippen LogP contribution < -0.4 is 15.5 Å². The van der Waals surface area contributed by atoms with E-state index < -0.39 is 17.9 Å². The molecule has 146 valence electrons. The van der Waals surface area contributed by atoms with Crippen molar-refractivity contribution >= 4 is 29.1 Å². The number of carbonyl (C=O) groups is 3. The van der Waals surface area contributed by atoms with Crippen molar-refractivity contribution in [3.8, 4) is 0 Å². The first kappa shape index (κ1) is 18.2. The first-order valence-corrected chi connectivity index (χ1v) is 9.28. The number of benzene rings is 1. The maximum Gasteiger partial charge on any atom is 0.313 e. The van der Waals surface area contributed by atoms with Gasteiger partial charge in [-0.05, 0) is 48.6 Å². The number of amides is 3. The second-order valence-electron chi connectivity index (χ2n) is 7.01. The normalized spacial score (nSPS) is 15.9. The van der Waals surface area contributed by atoms with Crippen LogP contribution in [0.3, 0.4) is 0 Å². The second-order valence-corrected chi connectivity index (χ2v) is 7.01. The largest absolute Gasteiger partial charge is 0.472 e. The minimum Gasteiger partial charge on any atom is -0.472 e. The molecule has 0 fully saturated rings. The average molecular weight is 383 g/mol. The van der Waals surface area contributed by atoms with Crippen LogP contribution in [0.1, 0.15) is 35.6 Å². The van der Waals surface area contributed by atoms with E-state index in [1.165, 1.54) is 12.5 Å². The van der Waals surface area contributed by atoms with Crippen molar-refractivity contribution in [1.82, 2.24) is 5.32 Å². The maximum atomic E-state index is 12.2. The Kier molecular flexibility index (Phi) is 4.87. The molecule has 0 saturated carbocycles. The predicted octanol–water partition coefficient (Wildman–Crippen LogP) is 1.29. The van der Waals surface area contributed by atoms with Gasteiger partial charge in [0.2, 0.25) is 5.91 Å². The molecule has 2 aliphatic heterocycles. The van der Waals surface area contributed by atoms with E-state index in [2.05, 4.69) is 10.6 Å². The van der Waals surface area contributed by atoms with Gasteiger partial charge in [-0.2, -0.15) is 0 Å². The van der Waals surface area contributed by atoms with Crippen molar-refractivity contribution in [2.24, 2.45) is 0 Å². The molecular weight excluding hydrogens is 362 g/mol. The summed E-state index contributed by atoms with van der Waals surface area (Å²) >= 11 is 0. The quantitative estimate of drug-likeness (QED) is 0.674. The van der Waals surface area contributed by atoms with Crippen LogP contribution in [-0.2, 0) is 27.2 Å². The standard InChI is InChI=1S/C20H21N3O5/c24-16(14-5-8-28-11-14)3-6-21-19(26)20(27)22-15-9-12-1-2-17(25)23-7-4-13(10-15)18(12)23/h5,8-11,16,24H,1-4,6-7H2,(H,21,26)(H,22,27). The number of hydrogen-bond donors (Lipinski definition) is 3. The Morgan fingerprint density at radius 1 is 1.18 bits per heavy atom. The molecule has 28 heavy (non-hydrogen) atoms. The van der Waals surface area contributed by atoms with E-state index in [9.17, 15) is 19.5 Å². The van der Waals surface area contributed by atoms with E-state index in [-0.39, 0.29) is 18.9 Å². The molecule has 0 aliphatic carbocycles. The number of furan rings is 1. The molecule has 1 atom stereocenters. The van der Waals surface area contributed by atoms with Crippen molar-refractivity contribution in [2.45, 2.75) is 31.8 Å². The second kappa shape index (κ2) is 7.47. The zero-order valence-electron chi connectivity index (χ0n) is 15.2. The van der Waals surface area contributed by atoms with Gasteiger partial charge in [0.25, 0.3) is 0 Å². The highest BCUT2D eigenvalue weighted by atomic mass is 16.3. The summed E-state index contributed by atoms with van der Waals surface area (Å²) < 4.78 is 4.90. The van der Waals surface area contributed by atoms with Crippen LogP contribution in [0.2, 0.25) is 0 Å². The molecule has 3 heterocycles. The van der Waals surface area contributed by atoms with Gasteiger partial charge in [-0.25, -0.2) is 0 Å². The van der Waals surface area contributed by atoms with Crippen LogP contribution in [-0.4, -0.2) is 35.9 Å². The van der Waals surface area contributed by atoms with E-state index in [4.69, 9.17) is 4.42 Å². The molecule has 3 N–H and O–H groups in total.